The van der Waals surface area contributed by atoms with Gasteiger partial charge in [-0.15, -0.1) is 4.40 Å². The maximum Gasteiger partial charge on any atom is 0.286 e. The number of sulfonamides is 1. The van der Waals surface area contributed by atoms with Gasteiger partial charge in [-0.1, -0.05) is 36.4 Å². The van der Waals surface area contributed by atoms with Crippen molar-refractivity contribution in [3.8, 4) is 0 Å². The van der Waals surface area contributed by atoms with Gasteiger partial charge in [0.2, 0.25) is 5.91 Å². The number of amidine groups is 1. The molecule has 30 heavy (non-hydrogen) atoms. The second-order valence-corrected chi connectivity index (χ2v) is 9.35. The lowest BCUT2D eigenvalue weighted by Crippen LogP contribution is -2.48. The predicted octanol–water partition coefficient (Wildman–Crippen LogP) is 2.63. The highest BCUT2D eigenvalue weighted by molar-refractivity contribution is 7.90. The summed E-state index contributed by atoms with van der Waals surface area (Å²) in [6.07, 6.45) is 0.511. The first-order valence-corrected chi connectivity index (χ1v) is 11.6. The van der Waals surface area contributed by atoms with Crippen LogP contribution in [0.3, 0.4) is 0 Å². The zero-order valence-electron chi connectivity index (χ0n) is 17.0. The van der Waals surface area contributed by atoms with Gasteiger partial charge in [-0.25, -0.2) is 0 Å². The van der Waals surface area contributed by atoms with Crippen molar-refractivity contribution >= 4 is 27.5 Å². The first-order valence-electron chi connectivity index (χ1n) is 10.2. The van der Waals surface area contributed by atoms with Crippen LogP contribution >= 0.6 is 0 Å². The van der Waals surface area contributed by atoms with Crippen LogP contribution in [-0.2, 0) is 21.4 Å². The standard InChI is InChI=1S/C22H26N4O3S/c1-17-7-8-20-19(15-17)23-21(24-30(20,28)29)9-10-22(27)26-13-11-25(12-14-26)16-18-5-3-2-4-6-18/h2-8,15H,9-14,16H2,1H3,(H,23,24). The lowest BCUT2D eigenvalue weighted by molar-refractivity contribution is -0.132. The molecule has 0 aromatic heterocycles. The topological polar surface area (TPSA) is 82.1 Å². The summed E-state index contributed by atoms with van der Waals surface area (Å²) >= 11 is 0. The summed E-state index contributed by atoms with van der Waals surface area (Å²) in [5.41, 5.74) is 2.76. The number of carbonyl (C=O) groups is 1. The molecule has 1 fully saturated rings. The largest absolute Gasteiger partial charge is 0.342 e. The molecule has 0 saturated carbocycles. The summed E-state index contributed by atoms with van der Waals surface area (Å²) in [5.74, 6) is 0.357. The van der Waals surface area contributed by atoms with E-state index in [-0.39, 0.29) is 23.6 Å². The van der Waals surface area contributed by atoms with Gasteiger partial charge in [0.05, 0.1) is 5.69 Å². The highest BCUT2D eigenvalue weighted by Gasteiger charge is 2.26. The second-order valence-electron chi connectivity index (χ2n) is 7.78. The molecule has 7 nitrogen and oxygen atoms in total. The summed E-state index contributed by atoms with van der Waals surface area (Å²) in [5, 5.41) is 3.08. The Balaban J connectivity index is 1.30. The van der Waals surface area contributed by atoms with Gasteiger partial charge in [-0.3, -0.25) is 9.69 Å². The molecule has 2 aliphatic heterocycles. The highest BCUT2D eigenvalue weighted by atomic mass is 32.2. The molecule has 2 heterocycles. The third-order valence-electron chi connectivity index (χ3n) is 5.47. The average molecular weight is 427 g/mol. The fourth-order valence-corrected chi connectivity index (χ4v) is 4.98. The molecule has 0 radical (unpaired) electrons. The Labute approximate surface area is 177 Å². The molecule has 2 aliphatic rings. The van der Waals surface area contributed by atoms with E-state index in [9.17, 15) is 13.2 Å². The third-order valence-corrected chi connectivity index (χ3v) is 6.84. The maximum atomic E-state index is 12.6. The second kappa shape index (κ2) is 8.57. The molecule has 0 unspecified atom stereocenters. The van der Waals surface area contributed by atoms with Gasteiger partial charge >= 0.3 is 0 Å². The average Bonchev–Trinajstić information content (AvgIpc) is 2.72. The predicted molar refractivity (Wildman–Crippen MR) is 117 cm³/mol. The Bertz CT molecular complexity index is 1060. The molecule has 0 aliphatic carbocycles. The van der Waals surface area contributed by atoms with E-state index in [1.807, 2.05) is 30.0 Å². The summed E-state index contributed by atoms with van der Waals surface area (Å²) in [4.78, 5) is 17.0. The van der Waals surface area contributed by atoms with Crippen molar-refractivity contribution in [1.29, 1.82) is 0 Å². The normalized spacial score (nSPS) is 18.3. The van der Waals surface area contributed by atoms with Crippen molar-refractivity contribution < 1.29 is 13.2 Å². The van der Waals surface area contributed by atoms with Gasteiger partial charge in [0.25, 0.3) is 10.0 Å². The van der Waals surface area contributed by atoms with Crippen molar-refractivity contribution in [1.82, 2.24) is 9.80 Å². The van der Waals surface area contributed by atoms with Gasteiger partial charge in [0.1, 0.15) is 10.7 Å². The minimum Gasteiger partial charge on any atom is -0.342 e. The first-order chi connectivity index (χ1) is 14.4. The van der Waals surface area contributed by atoms with Crippen LogP contribution in [0.4, 0.5) is 5.69 Å². The quantitative estimate of drug-likeness (QED) is 0.795. The van der Waals surface area contributed by atoms with Crippen LogP contribution in [0.1, 0.15) is 24.0 Å². The number of piperazine rings is 1. The van der Waals surface area contributed by atoms with Gasteiger partial charge in [-0.05, 0) is 30.2 Å². The van der Waals surface area contributed by atoms with Crippen LogP contribution in [0.25, 0.3) is 0 Å². The number of amides is 1. The SMILES string of the molecule is Cc1ccc2c(c1)NC(CCC(=O)N1CCN(Cc3ccccc3)CC1)=NS2(=O)=O. The number of hydrogen-bond acceptors (Lipinski definition) is 5. The minimum absolute atomic E-state index is 0.0336. The highest BCUT2D eigenvalue weighted by Crippen LogP contribution is 2.28. The summed E-state index contributed by atoms with van der Waals surface area (Å²) in [6.45, 7) is 5.83. The van der Waals surface area contributed by atoms with Crippen LogP contribution in [-0.4, -0.2) is 56.1 Å². The molecule has 1 saturated heterocycles. The van der Waals surface area contributed by atoms with Gasteiger partial charge in [0, 0.05) is 45.6 Å². The van der Waals surface area contributed by atoms with Crippen LogP contribution < -0.4 is 5.32 Å². The molecular formula is C22H26N4O3S. The Morgan fingerprint density at radius 3 is 2.53 bits per heavy atom. The Hall–Kier alpha value is -2.71. The van der Waals surface area contributed by atoms with E-state index < -0.39 is 10.0 Å². The van der Waals surface area contributed by atoms with Crippen LogP contribution in [0.15, 0.2) is 57.8 Å². The molecule has 158 valence electrons. The zero-order valence-corrected chi connectivity index (χ0v) is 17.9. The number of fused-ring (bicyclic) bond motifs is 1. The minimum atomic E-state index is -3.72. The van der Waals surface area contributed by atoms with E-state index in [0.717, 1.165) is 25.2 Å². The molecule has 0 atom stereocenters. The number of nitrogens with one attached hydrogen (secondary N) is 1. The molecule has 2 aromatic rings. The van der Waals surface area contributed by atoms with Crippen molar-refractivity contribution in [2.75, 3.05) is 31.5 Å². The number of hydrogen-bond donors (Lipinski definition) is 1. The Morgan fingerprint density at radius 2 is 1.80 bits per heavy atom. The molecule has 1 amide bonds. The Kier molecular flexibility index (Phi) is 5.87. The number of nitrogens with zero attached hydrogens (tertiary/aromatic N) is 3. The molecule has 8 heteroatoms. The van der Waals surface area contributed by atoms with Crippen LogP contribution in [0.5, 0.6) is 0 Å². The van der Waals surface area contributed by atoms with Crippen molar-refractivity contribution in [3.05, 3.63) is 59.7 Å². The monoisotopic (exact) mass is 426 g/mol. The van der Waals surface area contributed by atoms with Crippen molar-refractivity contribution in [2.24, 2.45) is 4.40 Å². The number of carbonyl (C=O) groups excluding carboxylic acids is 1. The first kappa shape index (κ1) is 20.6. The summed E-state index contributed by atoms with van der Waals surface area (Å²) in [6, 6.07) is 15.4. The lowest BCUT2D eigenvalue weighted by atomic mass is 10.2. The van der Waals surface area contributed by atoms with Gasteiger partial charge in [-0.2, -0.15) is 8.42 Å². The van der Waals surface area contributed by atoms with E-state index in [4.69, 9.17) is 0 Å². The van der Waals surface area contributed by atoms with Crippen molar-refractivity contribution in [3.63, 3.8) is 0 Å². The van der Waals surface area contributed by atoms with E-state index in [2.05, 4.69) is 26.7 Å². The van der Waals surface area contributed by atoms with Crippen LogP contribution in [0.2, 0.25) is 0 Å². The zero-order chi connectivity index (χ0) is 21.1. The number of rotatable bonds is 5. The van der Waals surface area contributed by atoms with Crippen LogP contribution in [0, 0.1) is 6.92 Å². The van der Waals surface area contributed by atoms with E-state index in [1.165, 1.54) is 5.56 Å². The summed E-state index contributed by atoms with van der Waals surface area (Å²) < 4.78 is 28.7. The lowest BCUT2D eigenvalue weighted by Gasteiger charge is -2.35. The van der Waals surface area contributed by atoms with Gasteiger partial charge in [0.15, 0.2) is 0 Å². The number of anilines is 1. The molecule has 0 bridgehead atoms. The molecule has 4 rings (SSSR count). The van der Waals surface area contributed by atoms with E-state index in [1.54, 1.807) is 18.2 Å². The maximum absolute atomic E-state index is 12.6. The number of aryl methyl sites for hydroxylation is 1. The van der Waals surface area contributed by atoms with Gasteiger partial charge < -0.3 is 10.2 Å². The molecule has 1 N–H and O–H groups in total. The molecular weight excluding hydrogens is 400 g/mol. The fraction of sp³-hybridized carbons (Fsp3) is 0.364. The summed E-state index contributed by atoms with van der Waals surface area (Å²) in [7, 11) is -3.72. The smallest absolute Gasteiger partial charge is 0.286 e. The van der Waals surface area contributed by atoms with E-state index in [0.29, 0.717) is 24.6 Å². The van der Waals surface area contributed by atoms with Crippen molar-refractivity contribution in [2.45, 2.75) is 31.2 Å². The fourth-order valence-electron chi connectivity index (χ4n) is 3.83. The third kappa shape index (κ3) is 4.71. The van der Waals surface area contributed by atoms with E-state index >= 15 is 0 Å². The Morgan fingerprint density at radius 1 is 1.07 bits per heavy atom. The molecule has 0 spiro atoms. The number of benzene rings is 2. The molecule has 2 aromatic carbocycles.